The number of alkyl halides is 1. The summed E-state index contributed by atoms with van der Waals surface area (Å²) in [5, 5.41) is 11.2. The van der Waals surface area contributed by atoms with Crippen LogP contribution in [0.3, 0.4) is 0 Å². The highest BCUT2D eigenvalue weighted by Gasteiger charge is 2.53. The Morgan fingerprint density at radius 1 is 1.00 bits per heavy atom. The summed E-state index contributed by atoms with van der Waals surface area (Å²) in [4.78, 5) is 45.6. The third-order valence-corrected chi connectivity index (χ3v) is 10.5. The van der Waals surface area contributed by atoms with Crippen molar-refractivity contribution >= 4 is 71.7 Å². The first-order chi connectivity index (χ1) is 21.3. The second-order valence-electron chi connectivity index (χ2n) is 10.1. The van der Waals surface area contributed by atoms with Crippen LogP contribution in [0, 0.1) is 0 Å². The second-order valence-corrected chi connectivity index (χ2v) is 15.8. The van der Waals surface area contributed by atoms with Crippen molar-refractivity contribution in [3.8, 4) is 0 Å². The van der Waals surface area contributed by atoms with Crippen LogP contribution in [0.25, 0.3) is 22.3 Å². The van der Waals surface area contributed by atoms with Gasteiger partial charge in [0.05, 0.1) is 25.9 Å². The van der Waals surface area contributed by atoms with Crippen LogP contribution in [0.4, 0.5) is 16.2 Å². The van der Waals surface area contributed by atoms with Gasteiger partial charge in [-0.25, -0.2) is 28.9 Å². The van der Waals surface area contributed by atoms with Crippen LogP contribution in [-0.2, 0) is 43.9 Å². The molecule has 3 saturated heterocycles. The van der Waals surface area contributed by atoms with E-state index in [0.29, 0.717) is 0 Å². The zero-order valence-corrected chi connectivity index (χ0v) is 25.8. The van der Waals surface area contributed by atoms with E-state index in [1.165, 1.54) is 21.8 Å². The molecule has 242 valence electrons. The van der Waals surface area contributed by atoms with Gasteiger partial charge >= 0.3 is 13.5 Å². The average molecular weight is 709 g/mol. The second kappa shape index (κ2) is 11.2. The van der Waals surface area contributed by atoms with Gasteiger partial charge in [-0.3, -0.25) is 32.5 Å². The van der Waals surface area contributed by atoms with Gasteiger partial charge in [-0.2, -0.15) is 4.98 Å². The van der Waals surface area contributed by atoms with Crippen molar-refractivity contribution in [3.63, 3.8) is 0 Å². The summed E-state index contributed by atoms with van der Waals surface area (Å²) >= 11 is 9.20. The Hall–Kier alpha value is -2.66. The number of rotatable bonds is 2. The molecule has 3 aliphatic rings. The maximum Gasteiger partial charge on any atom is 0.386 e. The van der Waals surface area contributed by atoms with E-state index < -0.39 is 81.4 Å². The number of nitrogen functional groups attached to an aromatic ring is 2. The molecule has 7 rings (SSSR count). The summed E-state index contributed by atoms with van der Waals surface area (Å²) in [5.41, 5.74) is 11.1. The monoisotopic (exact) mass is 708 g/mol. The molecular weight excluding hydrogens is 685 g/mol. The Morgan fingerprint density at radius 2 is 1.67 bits per heavy atom. The number of fused-ring (bicyclic) bond motifs is 4. The third kappa shape index (κ3) is 5.55. The Morgan fingerprint density at radius 3 is 2.44 bits per heavy atom. The van der Waals surface area contributed by atoms with Crippen molar-refractivity contribution in [2.24, 2.45) is 0 Å². The summed E-state index contributed by atoms with van der Waals surface area (Å²) in [5.74, 6) is -0.169. The van der Waals surface area contributed by atoms with Gasteiger partial charge in [0.1, 0.15) is 42.4 Å². The molecule has 0 bridgehead atoms. The first-order valence-corrected chi connectivity index (χ1v) is 18.2. The molecular formula is C20H23FN10O10P2S2. The Labute approximate surface area is 260 Å². The lowest BCUT2D eigenvalue weighted by Gasteiger charge is -2.29. The molecule has 0 amide bonds. The van der Waals surface area contributed by atoms with Crippen LogP contribution < -0.4 is 17.0 Å². The molecule has 0 aromatic carbocycles. The zero-order chi connectivity index (χ0) is 31.8. The largest absolute Gasteiger partial charge is 0.386 e. The Balaban J connectivity index is 1.17. The van der Waals surface area contributed by atoms with Crippen LogP contribution in [0.1, 0.15) is 12.5 Å². The van der Waals surface area contributed by atoms with Crippen molar-refractivity contribution in [1.82, 2.24) is 39.0 Å². The van der Waals surface area contributed by atoms with E-state index in [0.717, 1.165) is 6.33 Å². The Bertz CT molecular complexity index is 1950. The fourth-order valence-electron chi connectivity index (χ4n) is 5.28. The van der Waals surface area contributed by atoms with Crippen molar-refractivity contribution in [2.75, 3.05) is 24.7 Å². The van der Waals surface area contributed by atoms with Crippen molar-refractivity contribution < 1.29 is 46.5 Å². The van der Waals surface area contributed by atoms with Crippen molar-refractivity contribution in [1.29, 1.82) is 0 Å². The number of aromatic nitrogens is 8. The number of aromatic amines is 1. The number of halogens is 1. The number of anilines is 2. The minimum absolute atomic E-state index is 0.0345. The molecule has 4 aromatic rings. The number of nitrogens with two attached hydrogens (primary N) is 2. The number of imidazole rings is 2. The summed E-state index contributed by atoms with van der Waals surface area (Å²) in [6, 6.07) is 0. The summed E-state index contributed by atoms with van der Waals surface area (Å²) < 4.78 is 65.7. The topological polar surface area (TPSA) is 272 Å². The number of H-pyrrole nitrogens is 1. The van der Waals surface area contributed by atoms with E-state index in [1.807, 2.05) is 0 Å². The van der Waals surface area contributed by atoms with Gasteiger partial charge in [-0.15, -0.1) is 0 Å². The van der Waals surface area contributed by atoms with Gasteiger partial charge < -0.3 is 35.5 Å². The molecule has 45 heavy (non-hydrogen) atoms. The van der Waals surface area contributed by atoms with Gasteiger partial charge in [0.2, 0.25) is 5.95 Å². The maximum atomic E-state index is 16.0. The van der Waals surface area contributed by atoms with Crippen LogP contribution in [-0.4, -0.2) is 98.9 Å². The van der Waals surface area contributed by atoms with E-state index in [1.54, 1.807) is 0 Å². The number of hydrogen-bond acceptors (Lipinski definition) is 17. The van der Waals surface area contributed by atoms with Crippen molar-refractivity contribution in [2.45, 2.75) is 49.1 Å². The highest BCUT2D eigenvalue weighted by Crippen LogP contribution is 2.58. The van der Waals surface area contributed by atoms with Gasteiger partial charge in [0.15, 0.2) is 41.3 Å². The standard InChI is InChI=1S/C20H23FN10O10P2S2/c21-8-12-6(38-18(8)30-4-26-9-14(22)24-3-25-15(9)30)1-36-43(35,45)41-13-7(2-37-42(34,44)40-12)39-19(11(13)32)31-5-27-10-16(31)28-20(23)29-17(10)33/h3-8,11-13,18-19,32H,1-2H2,(H,34,44)(H,35,45)(H2,22,24,25)(H3,23,28,29,33)/t6-,7-,8-,11-,12-,13-,18-,19-,42?,43?/m1/s1. The average Bonchev–Trinajstić information content (AvgIpc) is 3.72. The summed E-state index contributed by atoms with van der Waals surface area (Å²) in [7, 11) is 0. The lowest BCUT2D eigenvalue weighted by molar-refractivity contribution is -0.0574. The summed E-state index contributed by atoms with van der Waals surface area (Å²) in [6.07, 6.45) is -8.47. The predicted molar refractivity (Wildman–Crippen MR) is 156 cm³/mol. The smallest absolute Gasteiger partial charge is 0.386 e. The van der Waals surface area contributed by atoms with Gasteiger partial charge in [0.25, 0.3) is 5.56 Å². The van der Waals surface area contributed by atoms with E-state index in [4.69, 9.17) is 50.8 Å². The molecule has 10 atom stereocenters. The van der Waals surface area contributed by atoms with Gasteiger partial charge in [0, 0.05) is 0 Å². The normalized spacial score (nSPS) is 37.7. The molecule has 0 saturated carbocycles. The fourth-order valence-corrected chi connectivity index (χ4v) is 8.21. The van der Waals surface area contributed by atoms with Gasteiger partial charge in [-0.05, 0) is 11.8 Å². The number of nitrogens with zero attached hydrogens (tertiary/aromatic N) is 7. The molecule has 4 aromatic heterocycles. The molecule has 2 unspecified atom stereocenters. The van der Waals surface area contributed by atoms with Gasteiger partial charge in [-0.1, -0.05) is 12.2 Å². The number of hydrogen-bond donors (Lipinski definition) is 6. The maximum absolute atomic E-state index is 16.0. The molecule has 0 aliphatic carbocycles. The van der Waals surface area contributed by atoms with E-state index in [2.05, 4.69) is 42.2 Å². The molecule has 20 nitrogen and oxygen atoms in total. The molecule has 25 heteroatoms. The van der Waals surface area contributed by atoms with Crippen LogP contribution in [0.15, 0.2) is 23.8 Å². The first-order valence-electron chi connectivity index (χ1n) is 12.9. The minimum atomic E-state index is -4.35. The molecule has 3 fully saturated rings. The molecule has 0 spiro atoms. The number of nitrogens with one attached hydrogen (secondary N) is 1. The Kier molecular flexibility index (Phi) is 7.74. The third-order valence-electron chi connectivity index (χ3n) is 7.28. The van der Waals surface area contributed by atoms with Crippen LogP contribution >= 0.6 is 25.8 Å². The zero-order valence-electron chi connectivity index (χ0n) is 22.3. The molecule has 3 aliphatic heterocycles. The SMILES string of the molecule is Nc1nc2c(ncn2[C@@H]2O[C@@H]3COP(O)(=S)O[C@H]4[C@@H](F)[C@H](n5cnc6c(N)ncnc65)O[C@@H]4COP(=O)(S)O[C@H]3[C@H]2O)c(=O)[nH]1. The quantitative estimate of drug-likeness (QED) is 0.115. The minimum Gasteiger partial charge on any atom is -0.386 e. The van der Waals surface area contributed by atoms with Crippen molar-refractivity contribution in [3.05, 3.63) is 29.3 Å². The van der Waals surface area contributed by atoms with E-state index in [-0.39, 0.29) is 34.1 Å². The predicted octanol–water partition coefficient (Wildman–Crippen LogP) is -0.310. The highest BCUT2D eigenvalue weighted by atomic mass is 32.7. The van der Waals surface area contributed by atoms with E-state index >= 15 is 4.39 Å². The number of thiol groups is 1. The number of ether oxygens (including phenoxy) is 2. The number of aliphatic hydroxyl groups excluding tert-OH is 1. The van der Waals surface area contributed by atoms with E-state index in [9.17, 15) is 19.4 Å². The van der Waals surface area contributed by atoms with Crippen LogP contribution in [0.2, 0.25) is 0 Å². The molecule has 7 N–H and O–H groups in total. The number of aliphatic hydroxyl groups is 1. The van der Waals surface area contributed by atoms with Crippen LogP contribution in [0.5, 0.6) is 0 Å². The lowest BCUT2D eigenvalue weighted by Crippen LogP contribution is -2.38. The highest BCUT2D eigenvalue weighted by molar-refractivity contribution is 8.44. The lowest BCUT2D eigenvalue weighted by atomic mass is 10.1. The summed E-state index contributed by atoms with van der Waals surface area (Å²) in [6.45, 7) is -9.82. The molecule has 7 heterocycles. The first kappa shape index (κ1) is 31.0. The fraction of sp³-hybridized carbons (Fsp3) is 0.500. The molecule has 0 radical (unpaired) electrons.